The largest absolute Gasteiger partial charge is 1.00 e. The van der Waals surface area contributed by atoms with Crippen LogP contribution in [-0.4, -0.2) is 49.8 Å². The number of hydrogen-bond acceptors (Lipinski definition) is 5. The normalized spacial score (nSPS) is 21.0. The summed E-state index contributed by atoms with van der Waals surface area (Å²) in [6.45, 7) is 2.15. The van der Waals surface area contributed by atoms with Gasteiger partial charge in [-0.25, -0.2) is 4.79 Å². The summed E-state index contributed by atoms with van der Waals surface area (Å²) >= 11 is 0. The molecule has 1 aromatic rings. The van der Waals surface area contributed by atoms with Crippen LogP contribution in [0.25, 0.3) is 0 Å². The third kappa shape index (κ3) is 5.94. The molecule has 0 radical (unpaired) electrons. The van der Waals surface area contributed by atoms with Crippen LogP contribution in [0.5, 0.6) is 5.75 Å². The first-order chi connectivity index (χ1) is 11.5. The van der Waals surface area contributed by atoms with E-state index < -0.39 is 18.0 Å². The van der Waals surface area contributed by atoms with E-state index in [1.165, 1.54) is 12.0 Å². The summed E-state index contributed by atoms with van der Waals surface area (Å²) in [5.74, 6) is -0.567. The molecule has 0 spiro atoms. The molecule has 2 rings (SSSR count). The summed E-state index contributed by atoms with van der Waals surface area (Å²) in [4.78, 5) is 25.2. The van der Waals surface area contributed by atoms with E-state index in [1.807, 2.05) is 31.2 Å². The van der Waals surface area contributed by atoms with E-state index in [0.29, 0.717) is 18.7 Å². The van der Waals surface area contributed by atoms with Crippen molar-refractivity contribution in [1.82, 2.24) is 10.2 Å². The zero-order valence-electron chi connectivity index (χ0n) is 15.2. The third-order valence-electron chi connectivity index (χ3n) is 4.35. The molecule has 1 aromatic carbocycles. The Balaban J connectivity index is 0.00000312. The predicted molar refractivity (Wildman–Crippen MR) is 85.5 cm³/mol. The van der Waals surface area contributed by atoms with E-state index in [9.17, 15) is 14.7 Å². The van der Waals surface area contributed by atoms with E-state index in [-0.39, 0.29) is 70.0 Å². The molecule has 3 atom stereocenters. The van der Waals surface area contributed by atoms with Crippen molar-refractivity contribution in [1.29, 1.82) is 0 Å². The Labute approximate surface area is 190 Å². The molecule has 0 saturated carbocycles. The molecule has 8 heteroatoms. The Bertz CT molecular complexity index is 598. The van der Waals surface area contributed by atoms with Gasteiger partial charge in [0.2, 0.25) is 0 Å². The first-order valence-electron chi connectivity index (χ1n) is 7.91. The quantitative estimate of drug-likeness (QED) is 0.586. The summed E-state index contributed by atoms with van der Waals surface area (Å²) < 4.78 is 10.4. The van der Waals surface area contributed by atoms with E-state index in [0.717, 1.165) is 5.56 Å². The minimum absolute atomic E-state index is 0. The molecule has 3 unspecified atom stereocenters. The molecule has 1 fully saturated rings. The molecule has 132 valence electrons. The summed E-state index contributed by atoms with van der Waals surface area (Å²) in [7, 11) is 3.12. The fraction of sp³-hybridized carbons (Fsp3) is 0.529. The van der Waals surface area contributed by atoms with Gasteiger partial charge in [-0.3, -0.25) is 0 Å². The maximum Gasteiger partial charge on any atom is 1.00 e. The molecule has 1 saturated heterocycles. The number of carboxylic acid groups (broad SMARTS) is 1. The molecule has 1 aliphatic rings. The van der Waals surface area contributed by atoms with Gasteiger partial charge in [0.15, 0.2) is 0 Å². The van der Waals surface area contributed by atoms with Gasteiger partial charge >= 0.3 is 57.4 Å². The first-order valence-corrected chi connectivity index (χ1v) is 7.91. The Morgan fingerprint density at radius 1 is 1.36 bits per heavy atom. The monoisotopic (exact) mass is 374 g/mol. The number of carboxylic acids is 1. The number of urea groups is 1. The third-order valence-corrected chi connectivity index (χ3v) is 4.35. The van der Waals surface area contributed by atoms with Crippen molar-refractivity contribution < 1.29 is 75.6 Å². The number of rotatable bonds is 5. The molecule has 0 aliphatic carbocycles. The van der Waals surface area contributed by atoms with Crippen LogP contribution in [0.15, 0.2) is 24.3 Å². The molecule has 7 nitrogen and oxygen atoms in total. The maximum atomic E-state index is 12.5. The molecule has 1 aliphatic heterocycles. The Morgan fingerprint density at radius 3 is 2.68 bits per heavy atom. The minimum atomic E-state index is -1.26. The van der Waals surface area contributed by atoms with E-state index in [1.54, 1.807) is 7.11 Å². The van der Waals surface area contributed by atoms with Gasteiger partial charge in [-0.1, -0.05) is 12.1 Å². The van der Waals surface area contributed by atoms with Crippen molar-refractivity contribution in [3.8, 4) is 5.75 Å². The van der Waals surface area contributed by atoms with Gasteiger partial charge in [-0.2, -0.15) is 0 Å². The van der Waals surface area contributed by atoms with Crippen LogP contribution < -0.4 is 66.5 Å². The van der Waals surface area contributed by atoms with Crippen LogP contribution in [0, 0.1) is 0 Å². The van der Waals surface area contributed by atoms with Gasteiger partial charge in [0, 0.05) is 13.7 Å². The summed E-state index contributed by atoms with van der Waals surface area (Å²) in [5.41, 5.74) is 0.875. The van der Waals surface area contributed by atoms with Crippen molar-refractivity contribution in [2.75, 3.05) is 20.8 Å². The summed E-state index contributed by atoms with van der Waals surface area (Å²) in [6, 6.07) is 5.68. The number of carbonyl (C=O) groups excluding carboxylic acids is 2. The van der Waals surface area contributed by atoms with Crippen LogP contribution in [0.1, 0.15) is 31.4 Å². The predicted octanol–water partition coefficient (Wildman–Crippen LogP) is -2.30. The number of hydrogen-bond donors (Lipinski definition) is 1. The molecule has 2 amide bonds. The molecule has 25 heavy (non-hydrogen) atoms. The van der Waals surface area contributed by atoms with Crippen LogP contribution in [0.3, 0.4) is 0 Å². The SMILES string of the molecule is COc1cccc(C(C)NC(=O)N2CCC(OC)CC2C(=O)[O-])c1.[K+]. The Hall–Kier alpha value is -0.644. The topological polar surface area (TPSA) is 90.9 Å². The number of nitrogens with zero attached hydrogens (tertiary/aromatic N) is 1. The van der Waals surface area contributed by atoms with Gasteiger partial charge < -0.3 is 29.6 Å². The van der Waals surface area contributed by atoms with Crippen LogP contribution >= 0.6 is 0 Å². The number of benzene rings is 1. The zero-order chi connectivity index (χ0) is 17.7. The van der Waals surface area contributed by atoms with Crippen molar-refractivity contribution in [2.45, 2.75) is 38.0 Å². The second kappa shape index (κ2) is 10.5. The number of likely N-dealkylation sites (tertiary alicyclic amines) is 1. The van der Waals surface area contributed by atoms with Crippen molar-refractivity contribution >= 4 is 12.0 Å². The van der Waals surface area contributed by atoms with Crippen molar-refractivity contribution in [3.63, 3.8) is 0 Å². The summed E-state index contributed by atoms with van der Waals surface area (Å²) in [6.07, 6.45) is 0.661. The first kappa shape index (κ1) is 22.4. The Kier molecular flexibility index (Phi) is 9.40. The van der Waals surface area contributed by atoms with Gasteiger partial charge in [0.1, 0.15) is 5.75 Å². The number of amides is 2. The van der Waals surface area contributed by atoms with Crippen molar-refractivity contribution in [3.05, 3.63) is 29.8 Å². The molecule has 1 N–H and O–H groups in total. The Morgan fingerprint density at radius 2 is 2.08 bits per heavy atom. The van der Waals surface area contributed by atoms with Crippen LogP contribution in [-0.2, 0) is 9.53 Å². The fourth-order valence-corrected chi connectivity index (χ4v) is 2.88. The van der Waals surface area contributed by atoms with Crippen LogP contribution in [0.2, 0.25) is 0 Å². The number of ether oxygens (including phenoxy) is 2. The number of aliphatic carboxylic acids is 1. The van der Waals surface area contributed by atoms with E-state index in [4.69, 9.17) is 9.47 Å². The van der Waals surface area contributed by atoms with Gasteiger partial charge in [-0.05, 0) is 37.5 Å². The molecule has 0 bridgehead atoms. The zero-order valence-corrected chi connectivity index (χ0v) is 18.3. The molecule has 0 aromatic heterocycles. The smallest absolute Gasteiger partial charge is 0.548 e. The van der Waals surface area contributed by atoms with Crippen molar-refractivity contribution in [2.24, 2.45) is 0 Å². The number of methoxy groups -OCH3 is 2. The van der Waals surface area contributed by atoms with Crippen LogP contribution in [0.4, 0.5) is 4.79 Å². The number of carbonyl (C=O) groups is 2. The minimum Gasteiger partial charge on any atom is -0.548 e. The summed E-state index contributed by atoms with van der Waals surface area (Å²) in [5, 5.41) is 14.2. The average molecular weight is 374 g/mol. The van der Waals surface area contributed by atoms with E-state index in [2.05, 4.69) is 5.32 Å². The second-order valence-electron chi connectivity index (χ2n) is 5.86. The fourth-order valence-electron chi connectivity index (χ4n) is 2.88. The second-order valence-corrected chi connectivity index (χ2v) is 5.86. The molecular formula is C17H23KN2O5. The number of piperidine rings is 1. The van der Waals surface area contributed by atoms with Gasteiger partial charge in [-0.15, -0.1) is 0 Å². The molecule has 1 heterocycles. The van der Waals surface area contributed by atoms with Gasteiger partial charge in [0.05, 0.1) is 31.3 Å². The standard InChI is InChI=1S/C17H24N2O5.K/c1-11(12-5-4-6-13(9-12)23-2)18-17(22)19-8-7-14(24-3)10-15(19)16(20)21;/h4-6,9,11,14-15H,7-8,10H2,1-3H3,(H,18,22)(H,20,21);/q;+1/p-1. The van der Waals surface area contributed by atoms with Gasteiger partial charge in [0.25, 0.3) is 0 Å². The molecular weight excluding hydrogens is 351 g/mol. The maximum absolute atomic E-state index is 12.5. The van der Waals surface area contributed by atoms with E-state index >= 15 is 0 Å². The number of nitrogens with one attached hydrogen (secondary N) is 1. The average Bonchev–Trinajstić information content (AvgIpc) is 2.60.